The van der Waals surface area contributed by atoms with Crippen molar-refractivity contribution in [2.45, 2.75) is 11.8 Å². The summed E-state index contributed by atoms with van der Waals surface area (Å²) in [4.78, 5) is 11.5. The van der Waals surface area contributed by atoms with Crippen molar-refractivity contribution in [3.8, 4) is 0 Å². The quantitative estimate of drug-likeness (QED) is 0.591. The average molecular weight is 209 g/mol. The summed E-state index contributed by atoms with van der Waals surface area (Å²) < 4.78 is 0. The molecule has 0 unspecified atom stereocenters. The summed E-state index contributed by atoms with van der Waals surface area (Å²) in [7, 11) is 0. The van der Waals surface area contributed by atoms with E-state index in [1.165, 1.54) is 0 Å². The Kier molecular flexibility index (Phi) is 3.73. The number of carboxylic acids is 1. The molecule has 0 heterocycles. The molecule has 0 aliphatic rings. The fourth-order valence-electron chi connectivity index (χ4n) is 1.00. The van der Waals surface area contributed by atoms with E-state index in [-0.39, 0.29) is 0 Å². The molecule has 0 aliphatic heterocycles. The van der Waals surface area contributed by atoms with Crippen LogP contribution in [0.25, 0.3) is 6.08 Å². The molecule has 0 amide bonds. The van der Waals surface area contributed by atoms with Gasteiger partial charge in [-0.15, -0.1) is 0 Å². The molecule has 0 atom stereocenters. The van der Waals surface area contributed by atoms with Crippen molar-refractivity contribution in [1.29, 1.82) is 0 Å². The summed E-state index contributed by atoms with van der Waals surface area (Å²) in [6, 6.07) is 7.40. The van der Waals surface area contributed by atoms with Crippen LogP contribution in [0.15, 0.2) is 34.7 Å². The summed E-state index contributed by atoms with van der Waals surface area (Å²) >= 11 is 1.11. The number of rotatable bonds is 3. The Morgan fingerprint density at radius 1 is 1.50 bits per heavy atom. The molecule has 0 aromatic heterocycles. The first-order valence-corrected chi connectivity index (χ1v) is 4.90. The highest BCUT2D eigenvalue weighted by molar-refractivity contribution is 7.97. The topological polar surface area (TPSA) is 63.3 Å². The van der Waals surface area contributed by atoms with E-state index >= 15 is 0 Å². The van der Waals surface area contributed by atoms with E-state index in [1.54, 1.807) is 13.0 Å². The minimum atomic E-state index is -0.915. The second-order valence-electron chi connectivity index (χ2n) is 2.79. The van der Waals surface area contributed by atoms with Crippen molar-refractivity contribution in [2.24, 2.45) is 5.14 Å². The first kappa shape index (κ1) is 10.8. The van der Waals surface area contributed by atoms with Gasteiger partial charge in [0.05, 0.1) is 0 Å². The third-order valence-electron chi connectivity index (χ3n) is 1.76. The molecule has 14 heavy (non-hydrogen) atoms. The maximum atomic E-state index is 10.6. The van der Waals surface area contributed by atoms with Gasteiger partial charge in [0.1, 0.15) is 0 Å². The molecule has 0 radical (unpaired) electrons. The van der Waals surface area contributed by atoms with Crippen molar-refractivity contribution in [3.05, 3.63) is 35.4 Å². The van der Waals surface area contributed by atoms with Crippen LogP contribution in [0.4, 0.5) is 0 Å². The van der Waals surface area contributed by atoms with E-state index in [0.29, 0.717) is 5.57 Å². The van der Waals surface area contributed by atoms with Crippen LogP contribution in [0.2, 0.25) is 0 Å². The molecule has 0 spiro atoms. The van der Waals surface area contributed by atoms with E-state index in [1.807, 2.05) is 24.3 Å². The molecule has 1 aromatic carbocycles. The van der Waals surface area contributed by atoms with E-state index < -0.39 is 5.97 Å². The third kappa shape index (κ3) is 2.61. The highest BCUT2D eigenvalue weighted by Gasteiger charge is 2.02. The van der Waals surface area contributed by atoms with E-state index in [4.69, 9.17) is 10.2 Å². The predicted molar refractivity (Wildman–Crippen MR) is 57.8 cm³/mol. The van der Waals surface area contributed by atoms with Gasteiger partial charge in [-0.3, -0.25) is 5.14 Å². The summed E-state index contributed by atoms with van der Waals surface area (Å²) in [5.74, 6) is -0.915. The van der Waals surface area contributed by atoms with Crippen molar-refractivity contribution in [3.63, 3.8) is 0 Å². The minimum absolute atomic E-state index is 0.298. The monoisotopic (exact) mass is 209 g/mol. The fraction of sp³-hybridized carbons (Fsp3) is 0.100. The van der Waals surface area contributed by atoms with Crippen LogP contribution in [0.3, 0.4) is 0 Å². The minimum Gasteiger partial charge on any atom is -0.478 e. The highest BCUT2D eigenvalue weighted by Crippen LogP contribution is 2.20. The fourth-order valence-corrected chi connectivity index (χ4v) is 1.42. The molecule has 0 fully saturated rings. The van der Waals surface area contributed by atoms with Crippen LogP contribution >= 0.6 is 11.9 Å². The summed E-state index contributed by atoms with van der Waals surface area (Å²) in [6.45, 7) is 1.56. The Morgan fingerprint density at radius 2 is 2.14 bits per heavy atom. The number of hydrogen-bond donors (Lipinski definition) is 2. The lowest BCUT2D eigenvalue weighted by molar-refractivity contribution is -0.132. The van der Waals surface area contributed by atoms with Crippen molar-refractivity contribution < 1.29 is 9.90 Å². The molecule has 0 saturated heterocycles. The number of carbonyl (C=O) groups is 1. The Morgan fingerprint density at radius 3 is 2.71 bits per heavy atom. The molecule has 0 bridgehead atoms. The lowest BCUT2D eigenvalue weighted by Crippen LogP contribution is -1.96. The van der Waals surface area contributed by atoms with Gasteiger partial charge >= 0.3 is 5.97 Å². The van der Waals surface area contributed by atoms with Gasteiger partial charge in [-0.25, -0.2) is 4.79 Å². The summed E-state index contributed by atoms with van der Waals surface area (Å²) in [5, 5.41) is 14.1. The van der Waals surface area contributed by atoms with Crippen LogP contribution in [-0.2, 0) is 4.79 Å². The van der Waals surface area contributed by atoms with Crippen molar-refractivity contribution >= 4 is 24.0 Å². The van der Waals surface area contributed by atoms with Gasteiger partial charge in [-0.2, -0.15) is 0 Å². The zero-order valence-corrected chi connectivity index (χ0v) is 8.54. The summed E-state index contributed by atoms with van der Waals surface area (Å²) in [5.41, 5.74) is 1.13. The van der Waals surface area contributed by atoms with Gasteiger partial charge in [-0.05, 0) is 36.6 Å². The standard InChI is InChI=1S/C10H11NO2S/c1-7(10(12)13)6-8-4-2-3-5-9(8)14-11/h2-6H,11H2,1H3,(H,12,13). The second kappa shape index (κ2) is 4.83. The lowest BCUT2D eigenvalue weighted by atomic mass is 10.1. The lowest BCUT2D eigenvalue weighted by Gasteiger charge is -2.01. The number of aliphatic carboxylic acids is 1. The van der Waals surface area contributed by atoms with E-state index in [9.17, 15) is 4.79 Å². The zero-order valence-electron chi connectivity index (χ0n) is 7.73. The first-order valence-electron chi connectivity index (χ1n) is 4.02. The molecule has 1 aromatic rings. The Bertz CT molecular complexity index is 374. The number of hydrogen-bond acceptors (Lipinski definition) is 3. The maximum absolute atomic E-state index is 10.6. The molecule has 4 heteroatoms. The molecule has 0 aliphatic carbocycles. The van der Waals surface area contributed by atoms with Crippen LogP contribution in [0.1, 0.15) is 12.5 Å². The smallest absolute Gasteiger partial charge is 0.331 e. The molecular formula is C10H11NO2S. The normalized spacial score (nSPS) is 11.4. The number of nitrogens with two attached hydrogens (primary N) is 1. The van der Waals surface area contributed by atoms with Gasteiger partial charge in [0.15, 0.2) is 0 Å². The summed E-state index contributed by atoms with van der Waals surface area (Å²) in [6.07, 6.45) is 1.61. The van der Waals surface area contributed by atoms with Gasteiger partial charge < -0.3 is 5.11 Å². The van der Waals surface area contributed by atoms with Gasteiger partial charge in [-0.1, -0.05) is 18.2 Å². The van der Waals surface area contributed by atoms with Crippen LogP contribution in [-0.4, -0.2) is 11.1 Å². The Balaban J connectivity index is 3.07. The van der Waals surface area contributed by atoms with E-state index in [0.717, 1.165) is 22.4 Å². The Labute approximate surface area is 86.8 Å². The molecular weight excluding hydrogens is 198 g/mol. The molecule has 1 rings (SSSR count). The SMILES string of the molecule is CC(=Cc1ccccc1SN)C(=O)O. The first-order chi connectivity index (χ1) is 6.65. The van der Waals surface area contributed by atoms with Gasteiger partial charge in [0.2, 0.25) is 0 Å². The van der Waals surface area contributed by atoms with Crippen LogP contribution in [0, 0.1) is 0 Å². The zero-order chi connectivity index (χ0) is 10.6. The van der Waals surface area contributed by atoms with Gasteiger partial charge in [0.25, 0.3) is 0 Å². The number of benzene rings is 1. The predicted octanol–water partition coefficient (Wildman–Crippen LogP) is 2.14. The highest BCUT2D eigenvalue weighted by atomic mass is 32.2. The van der Waals surface area contributed by atoms with Crippen molar-refractivity contribution in [2.75, 3.05) is 0 Å². The largest absolute Gasteiger partial charge is 0.478 e. The van der Waals surface area contributed by atoms with Gasteiger partial charge in [0, 0.05) is 10.5 Å². The third-order valence-corrected chi connectivity index (χ3v) is 2.38. The van der Waals surface area contributed by atoms with E-state index in [2.05, 4.69) is 0 Å². The van der Waals surface area contributed by atoms with Crippen LogP contribution in [0.5, 0.6) is 0 Å². The molecule has 0 saturated carbocycles. The van der Waals surface area contributed by atoms with Crippen molar-refractivity contribution in [1.82, 2.24) is 0 Å². The second-order valence-corrected chi connectivity index (χ2v) is 3.46. The molecule has 3 nitrogen and oxygen atoms in total. The average Bonchev–Trinajstić information content (AvgIpc) is 2.18. The Hall–Kier alpha value is -1.26. The molecule has 74 valence electrons. The maximum Gasteiger partial charge on any atom is 0.331 e. The van der Waals surface area contributed by atoms with Crippen LogP contribution < -0.4 is 5.14 Å². The number of carboxylic acid groups (broad SMARTS) is 1. The molecule has 3 N–H and O–H groups in total.